The van der Waals surface area contributed by atoms with Crippen LogP contribution in [0.1, 0.15) is 43.4 Å². The topological polar surface area (TPSA) is 51.3 Å². The Morgan fingerprint density at radius 2 is 2.29 bits per heavy atom. The summed E-state index contributed by atoms with van der Waals surface area (Å²) in [6.07, 6.45) is 3.67. The van der Waals surface area contributed by atoms with Crippen LogP contribution in [0, 0.1) is 0 Å². The van der Waals surface area contributed by atoms with Crippen LogP contribution >= 0.6 is 0 Å². The van der Waals surface area contributed by atoms with Crippen molar-refractivity contribution in [2.45, 2.75) is 38.5 Å². The first-order valence-electron chi connectivity index (χ1n) is 7.57. The summed E-state index contributed by atoms with van der Waals surface area (Å²) in [5, 5.41) is 1.22. The van der Waals surface area contributed by atoms with Crippen LogP contribution in [0.2, 0.25) is 0 Å². The van der Waals surface area contributed by atoms with Crippen LogP contribution in [-0.4, -0.2) is 24.7 Å². The molecule has 1 unspecified atom stereocenters. The quantitative estimate of drug-likeness (QED) is 0.875. The Balaban J connectivity index is 1.96. The van der Waals surface area contributed by atoms with Crippen molar-refractivity contribution < 1.29 is 14.3 Å². The zero-order valence-corrected chi connectivity index (χ0v) is 12.6. The molecule has 1 aromatic carbocycles. The highest BCUT2D eigenvalue weighted by Gasteiger charge is 2.26. The van der Waals surface area contributed by atoms with Gasteiger partial charge in [0, 0.05) is 22.5 Å². The standard InChI is InChI=1S/C17H21NO3/c1-3-21-16(19)9-11-5-4-6-13-14-10-12(20-2)7-8-15(14)18-17(11)13/h7-8,10-11,18H,3-6,9H2,1-2H3. The van der Waals surface area contributed by atoms with Crippen molar-refractivity contribution in [1.29, 1.82) is 0 Å². The Bertz CT molecular complexity index is 659. The van der Waals surface area contributed by atoms with E-state index >= 15 is 0 Å². The van der Waals surface area contributed by atoms with Gasteiger partial charge in [-0.3, -0.25) is 4.79 Å². The van der Waals surface area contributed by atoms with Crippen molar-refractivity contribution in [2.75, 3.05) is 13.7 Å². The summed E-state index contributed by atoms with van der Waals surface area (Å²) >= 11 is 0. The summed E-state index contributed by atoms with van der Waals surface area (Å²) in [6, 6.07) is 6.09. The van der Waals surface area contributed by atoms with Gasteiger partial charge in [0.25, 0.3) is 0 Å². The van der Waals surface area contributed by atoms with E-state index in [0.29, 0.717) is 13.0 Å². The minimum absolute atomic E-state index is 0.105. The Labute approximate surface area is 124 Å². The monoisotopic (exact) mass is 287 g/mol. The van der Waals surface area contributed by atoms with Crippen LogP contribution in [0.5, 0.6) is 5.75 Å². The molecule has 1 N–H and O–H groups in total. The second-order valence-corrected chi connectivity index (χ2v) is 5.53. The maximum Gasteiger partial charge on any atom is 0.306 e. The van der Waals surface area contributed by atoms with Crippen LogP contribution in [0.4, 0.5) is 0 Å². The van der Waals surface area contributed by atoms with Crippen LogP contribution in [0.25, 0.3) is 10.9 Å². The van der Waals surface area contributed by atoms with E-state index in [0.717, 1.165) is 30.5 Å². The van der Waals surface area contributed by atoms with Gasteiger partial charge >= 0.3 is 5.97 Å². The molecule has 112 valence electrons. The fourth-order valence-corrected chi connectivity index (χ4v) is 3.29. The number of rotatable bonds is 4. The fourth-order valence-electron chi connectivity index (χ4n) is 3.29. The van der Waals surface area contributed by atoms with Gasteiger partial charge in [0.2, 0.25) is 0 Å². The third kappa shape index (κ3) is 2.62. The molecule has 0 bridgehead atoms. The number of esters is 1. The van der Waals surface area contributed by atoms with Gasteiger partial charge in [0.15, 0.2) is 0 Å². The van der Waals surface area contributed by atoms with Crippen molar-refractivity contribution in [3.8, 4) is 5.75 Å². The molecule has 0 spiro atoms. The summed E-state index contributed by atoms with van der Waals surface area (Å²) in [7, 11) is 1.68. The van der Waals surface area contributed by atoms with E-state index in [-0.39, 0.29) is 11.9 Å². The Hall–Kier alpha value is -1.97. The average Bonchev–Trinajstić information content (AvgIpc) is 2.86. The van der Waals surface area contributed by atoms with E-state index in [1.807, 2.05) is 19.1 Å². The van der Waals surface area contributed by atoms with Crippen LogP contribution in [-0.2, 0) is 16.0 Å². The molecule has 2 aromatic rings. The SMILES string of the molecule is CCOC(=O)CC1CCCc2c1[nH]c1ccc(OC)cc21. The minimum Gasteiger partial charge on any atom is -0.497 e. The van der Waals surface area contributed by atoms with Gasteiger partial charge in [-0.2, -0.15) is 0 Å². The molecule has 1 atom stereocenters. The molecule has 0 radical (unpaired) electrons. The zero-order chi connectivity index (χ0) is 14.8. The predicted octanol–water partition coefficient (Wildman–Crippen LogP) is 3.55. The van der Waals surface area contributed by atoms with Gasteiger partial charge in [0.05, 0.1) is 20.1 Å². The molecular formula is C17H21NO3. The molecule has 21 heavy (non-hydrogen) atoms. The summed E-state index contributed by atoms with van der Waals surface area (Å²) in [5.74, 6) is 1.01. The van der Waals surface area contributed by atoms with Gasteiger partial charge < -0.3 is 14.5 Å². The fraction of sp³-hybridized carbons (Fsp3) is 0.471. The molecular weight excluding hydrogens is 266 g/mol. The number of aryl methyl sites for hydroxylation is 1. The maximum absolute atomic E-state index is 11.8. The molecule has 3 rings (SSSR count). The lowest BCUT2D eigenvalue weighted by Crippen LogP contribution is -2.15. The normalized spacial score (nSPS) is 17.5. The molecule has 1 aliphatic rings. The van der Waals surface area contributed by atoms with E-state index in [1.54, 1.807) is 7.11 Å². The lowest BCUT2D eigenvalue weighted by atomic mass is 9.85. The molecule has 0 fully saturated rings. The largest absolute Gasteiger partial charge is 0.497 e. The summed E-state index contributed by atoms with van der Waals surface area (Å²) < 4.78 is 10.4. The summed E-state index contributed by atoms with van der Waals surface area (Å²) in [6.45, 7) is 2.29. The molecule has 1 aliphatic carbocycles. The van der Waals surface area contributed by atoms with Gasteiger partial charge in [-0.1, -0.05) is 0 Å². The number of hydrogen-bond donors (Lipinski definition) is 1. The highest BCUT2D eigenvalue weighted by atomic mass is 16.5. The highest BCUT2D eigenvalue weighted by molar-refractivity contribution is 5.87. The maximum atomic E-state index is 11.8. The number of H-pyrrole nitrogens is 1. The highest BCUT2D eigenvalue weighted by Crippen LogP contribution is 2.38. The number of nitrogens with one attached hydrogen (secondary N) is 1. The van der Waals surface area contributed by atoms with Crippen molar-refractivity contribution in [2.24, 2.45) is 0 Å². The first-order valence-corrected chi connectivity index (χ1v) is 7.57. The smallest absolute Gasteiger partial charge is 0.306 e. The van der Waals surface area contributed by atoms with Crippen LogP contribution < -0.4 is 4.74 Å². The first-order chi connectivity index (χ1) is 10.2. The molecule has 0 saturated heterocycles. The van der Waals surface area contributed by atoms with Gasteiger partial charge in [-0.15, -0.1) is 0 Å². The zero-order valence-electron chi connectivity index (χ0n) is 12.6. The van der Waals surface area contributed by atoms with Gasteiger partial charge in [0.1, 0.15) is 5.75 Å². The molecule has 4 nitrogen and oxygen atoms in total. The number of hydrogen-bond acceptors (Lipinski definition) is 3. The molecule has 0 amide bonds. The Morgan fingerprint density at radius 1 is 1.43 bits per heavy atom. The number of fused-ring (bicyclic) bond motifs is 3. The molecule has 1 heterocycles. The van der Waals surface area contributed by atoms with E-state index in [4.69, 9.17) is 9.47 Å². The number of aromatic amines is 1. The third-order valence-corrected chi connectivity index (χ3v) is 4.25. The van der Waals surface area contributed by atoms with E-state index in [2.05, 4.69) is 11.1 Å². The van der Waals surface area contributed by atoms with E-state index in [1.165, 1.54) is 16.6 Å². The number of aromatic nitrogens is 1. The number of benzene rings is 1. The lowest BCUT2D eigenvalue weighted by molar-refractivity contribution is -0.143. The Morgan fingerprint density at radius 3 is 3.05 bits per heavy atom. The van der Waals surface area contributed by atoms with E-state index in [9.17, 15) is 4.79 Å². The lowest BCUT2D eigenvalue weighted by Gasteiger charge is -2.21. The molecule has 1 aromatic heterocycles. The van der Waals surface area contributed by atoms with Crippen LogP contribution in [0.15, 0.2) is 18.2 Å². The molecule has 4 heteroatoms. The Kier molecular flexibility index (Phi) is 3.86. The first kappa shape index (κ1) is 14.0. The minimum atomic E-state index is -0.105. The average molecular weight is 287 g/mol. The second-order valence-electron chi connectivity index (χ2n) is 5.53. The van der Waals surface area contributed by atoms with Crippen LogP contribution in [0.3, 0.4) is 0 Å². The van der Waals surface area contributed by atoms with Crippen molar-refractivity contribution in [1.82, 2.24) is 4.98 Å². The number of carbonyl (C=O) groups excluding carboxylic acids is 1. The third-order valence-electron chi connectivity index (χ3n) is 4.25. The molecule has 0 saturated carbocycles. The van der Waals surface area contributed by atoms with E-state index < -0.39 is 0 Å². The second kappa shape index (κ2) is 5.80. The van der Waals surface area contributed by atoms with Crippen molar-refractivity contribution in [3.05, 3.63) is 29.5 Å². The predicted molar refractivity (Wildman–Crippen MR) is 81.8 cm³/mol. The number of methoxy groups -OCH3 is 1. The van der Waals surface area contributed by atoms with Gasteiger partial charge in [-0.25, -0.2) is 0 Å². The van der Waals surface area contributed by atoms with Crippen molar-refractivity contribution >= 4 is 16.9 Å². The van der Waals surface area contributed by atoms with Crippen molar-refractivity contribution in [3.63, 3.8) is 0 Å². The number of carbonyl (C=O) groups is 1. The summed E-state index contributed by atoms with van der Waals surface area (Å²) in [5.41, 5.74) is 3.67. The molecule has 0 aliphatic heterocycles. The number of ether oxygens (including phenoxy) is 2. The summed E-state index contributed by atoms with van der Waals surface area (Å²) in [4.78, 5) is 15.3. The van der Waals surface area contributed by atoms with Gasteiger partial charge in [-0.05, 0) is 49.9 Å².